The molecule has 0 aliphatic carbocycles. The van der Waals surface area contributed by atoms with E-state index in [1.807, 2.05) is 0 Å². The number of halogens is 2. The van der Waals surface area contributed by atoms with E-state index in [0.29, 0.717) is 27.9 Å². The number of nitrogens with zero attached hydrogens (tertiary/aromatic N) is 6. The normalized spacial score (nSPS) is 11.2. The molecule has 11 heteroatoms. The van der Waals surface area contributed by atoms with E-state index in [9.17, 15) is 9.18 Å². The maximum absolute atomic E-state index is 14.6. The van der Waals surface area contributed by atoms with Gasteiger partial charge in [0, 0.05) is 48.5 Å². The van der Waals surface area contributed by atoms with Crippen molar-refractivity contribution in [3.05, 3.63) is 77.2 Å². The van der Waals surface area contributed by atoms with E-state index in [2.05, 4.69) is 30.4 Å². The largest absolute Gasteiger partial charge is 0.436 e. The van der Waals surface area contributed by atoms with Gasteiger partial charge in [0.05, 0.1) is 16.3 Å². The fourth-order valence-electron chi connectivity index (χ4n) is 3.32. The molecule has 0 unspecified atom stereocenters. The van der Waals surface area contributed by atoms with Crippen LogP contribution in [0, 0.1) is 19.7 Å². The molecule has 1 aromatic carbocycles. The van der Waals surface area contributed by atoms with E-state index < -0.39 is 11.7 Å². The average Bonchev–Trinajstić information content (AvgIpc) is 3.36. The predicted molar refractivity (Wildman–Crippen MR) is 118 cm³/mol. The Kier molecular flexibility index (Phi) is 5.06. The van der Waals surface area contributed by atoms with Gasteiger partial charge in [-0.15, -0.1) is 5.10 Å². The summed E-state index contributed by atoms with van der Waals surface area (Å²) in [5, 5.41) is 7.53. The second-order valence-corrected chi connectivity index (χ2v) is 7.65. The summed E-state index contributed by atoms with van der Waals surface area (Å²) in [6.07, 6.45) is 6.49. The second kappa shape index (κ2) is 8.06. The summed E-state index contributed by atoms with van der Waals surface area (Å²) in [4.78, 5) is 29.3. The molecule has 0 fully saturated rings. The van der Waals surface area contributed by atoms with Gasteiger partial charge in [0.25, 0.3) is 11.7 Å². The van der Waals surface area contributed by atoms with E-state index >= 15 is 0 Å². The van der Waals surface area contributed by atoms with Crippen LogP contribution in [0.25, 0.3) is 28.3 Å². The van der Waals surface area contributed by atoms with Crippen LogP contribution in [0.15, 0.2) is 53.5 Å². The summed E-state index contributed by atoms with van der Waals surface area (Å²) in [6, 6.07) is 5.86. The quantitative estimate of drug-likeness (QED) is 0.417. The third-order valence-corrected chi connectivity index (χ3v) is 5.01. The molecule has 4 heterocycles. The van der Waals surface area contributed by atoms with Gasteiger partial charge in [-0.2, -0.15) is 4.98 Å². The van der Waals surface area contributed by atoms with Crippen molar-refractivity contribution in [2.45, 2.75) is 13.8 Å². The molecule has 0 bridgehead atoms. The van der Waals surface area contributed by atoms with Crippen molar-refractivity contribution < 1.29 is 13.6 Å². The highest BCUT2D eigenvalue weighted by Crippen LogP contribution is 2.26. The van der Waals surface area contributed by atoms with E-state index in [1.54, 1.807) is 38.5 Å². The van der Waals surface area contributed by atoms with Gasteiger partial charge < -0.3 is 9.73 Å². The van der Waals surface area contributed by atoms with E-state index in [0.717, 1.165) is 5.56 Å². The van der Waals surface area contributed by atoms with Crippen molar-refractivity contribution in [3.8, 4) is 22.5 Å². The number of nitrogens with one attached hydrogen (secondary N) is 1. The zero-order valence-electron chi connectivity index (χ0n) is 17.4. The van der Waals surface area contributed by atoms with Gasteiger partial charge >= 0.3 is 0 Å². The predicted octanol–water partition coefficient (Wildman–Crippen LogP) is 4.50. The summed E-state index contributed by atoms with van der Waals surface area (Å²) < 4.78 is 21.4. The molecule has 0 saturated carbocycles. The number of pyridine rings is 1. The Labute approximate surface area is 191 Å². The summed E-state index contributed by atoms with van der Waals surface area (Å²) in [7, 11) is 0. The Bertz CT molecular complexity index is 1530. The van der Waals surface area contributed by atoms with Crippen molar-refractivity contribution in [2.24, 2.45) is 0 Å². The molecule has 9 nitrogen and oxygen atoms in total. The molecule has 0 aliphatic heterocycles. The van der Waals surface area contributed by atoms with Gasteiger partial charge in [0.2, 0.25) is 5.76 Å². The standard InChI is InChI=1S/C22H15ClFN7O2/c1-11-19(33-12(2)27-11)21(32)28-16-3-4-18(24)17(6-16)20-29-22-26-8-14(10-31(22)30-20)13-5-15(23)9-25-7-13/h3-10H,1-2H3,(H,28,32). The number of anilines is 1. The van der Waals surface area contributed by atoms with Crippen LogP contribution in [0.5, 0.6) is 0 Å². The monoisotopic (exact) mass is 463 g/mol. The topological polar surface area (TPSA) is 111 Å². The van der Waals surface area contributed by atoms with Crippen LogP contribution >= 0.6 is 11.6 Å². The first kappa shape index (κ1) is 20.7. The highest BCUT2D eigenvalue weighted by atomic mass is 35.5. The first-order valence-electron chi connectivity index (χ1n) is 9.76. The lowest BCUT2D eigenvalue weighted by Gasteiger charge is -2.06. The van der Waals surface area contributed by atoms with Gasteiger partial charge in [0.1, 0.15) is 5.82 Å². The van der Waals surface area contributed by atoms with Gasteiger partial charge in [-0.1, -0.05) is 11.6 Å². The van der Waals surface area contributed by atoms with Crippen molar-refractivity contribution in [2.75, 3.05) is 5.32 Å². The van der Waals surface area contributed by atoms with Crippen LogP contribution in [0.4, 0.5) is 10.1 Å². The number of benzene rings is 1. The lowest BCUT2D eigenvalue weighted by atomic mass is 10.1. The van der Waals surface area contributed by atoms with Crippen LogP contribution < -0.4 is 5.32 Å². The Balaban J connectivity index is 1.48. The van der Waals surface area contributed by atoms with E-state index in [4.69, 9.17) is 16.0 Å². The summed E-state index contributed by atoms with van der Waals surface area (Å²) in [5.41, 5.74) is 2.39. The highest BCUT2D eigenvalue weighted by Gasteiger charge is 2.18. The lowest BCUT2D eigenvalue weighted by molar-refractivity contribution is 0.0994. The Hall–Kier alpha value is -4.18. The fourth-order valence-corrected chi connectivity index (χ4v) is 3.49. The zero-order valence-corrected chi connectivity index (χ0v) is 18.1. The third-order valence-electron chi connectivity index (χ3n) is 4.81. The molecule has 1 amide bonds. The van der Waals surface area contributed by atoms with Crippen molar-refractivity contribution in [1.82, 2.24) is 29.5 Å². The number of carbonyl (C=O) groups is 1. The minimum absolute atomic E-state index is 0.0939. The van der Waals surface area contributed by atoms with Gasteiger partial charge in [-0.05, 0) is 31.2 Å². The number of fused-ring (bicyclic) bond motifs is 1. The lowest BCUT2D eigenvalue weighted by Crippen LogP contribution is -2.12. The number of hydrogen-bond acceptors (Lipinski definition) is 7. The summed E-state index contributed by atoms with van der Waals surface area (Å²) in [5.74, 6) is -0.164. The van der Waals surface area contributed by atoms with Crippen LogP contribution in [0.1, 0.15) is 22.1 Å². The van der Waals surface area contributed by atoms with Gasteiger partial charge in [-0.3, -0.25) is 9.78 Å². The average molecular weight is 464 g/mol. The molecular weight excluding hydrogens is 449 g/mol. The first-order chi connectivity index (χ1) is 15.9. The number of amides is 1. The van der Waals surface area contributed by atoms with Crippen LogP contribution in [-0.4, -0.2) is 35.5 Å². The number of hydrogen-bond donors (Lipinski definition) is 1. The SMILES string of the molecule is Cc1nc(C)c(C(=O)Nc2ccc(F)c(-c3nc4ncc(-c5cncc(Cl)c5)cn4n3)c2)o1. The van der Waals surface area contributed by atoms with Crippen LogP contribution in [0.2, 0.25) is 5.02 Å². The Morgan fingerprint density at radius 2 is 1.97 bits per heavy atom. The highest BCUT2D eigenvalue weighted by molar-refractivity contribution is 6.30. The minimum atomic E-state index is -0.546. The molecule has 1 N–H and O–H groups in total. The molecule has 164 valence electrons. The summed E-state index contributed by atoms with van der Waals surface area (Å²) >= 11 is 6.02. The molecule has 4 aromatic heterocycles. The van der Waals surface area contributed by atoms with Crippen LogP contribution in [0.3, 0.4) is 0 Å². The van der Waals surface area contributed by atoms with Gasteiger partial charge in [0.15, 0.2) is 11.7 Å². The van der Waals surface area contributed by atoms with Crippen molar-refractivity contribution in [1.29, 1.82) is 0 Å². The number of aromatic nitrogens is 6. The van der Waals surface area contributed by atoms with E-state index in [-0.39, 0.29) is 22.9 Å². The minimum Gasteiger partial charge on any atom is -0.436 e. The van der Waals surface area contributed by atoms with Crippen molar-refractivity contribution in [3.63, 3.8) is 0 Å². The molecule has 33 heavy (non-hydrogen) atoms. The number of rotatable bonds is 4. The second-order valence-electron chi connectivity index (χ2n) is 7.21. The van der Waals surface area contributed by atoms with E-state index in [1.165, 1.54) is 28.9 Å². The molecule has 0 aliphatic rings. The Morgan fingerprint density at radius 1 is 1.12 bits per heavy atom. The van der Waals surface area contributed by atoms with Gasteiger partial charge in [-0.25, -0.2) is 18.9 Å². The molecular formula is C22H15ClFN7O2. The molecule has 0 spiro atoms. The molecule has 5 aromatic rings. The Morgan fingerprint density at radius 3 is 2.73 bits per heavy atom. The maximum Gasteiger partial charge on any atom is 0.293 e. The third kappa shape index (κ3) is 4.03. The summed E-state index contributed by atoms with van der Waals surface area (Å²) in [6.45, 7) is 3.32. The van der Waals surface area contributed by atoms with Crippen molar-refractivity contribution >= 4 is 29.0 Å². The smallest absolute Gasteiger partial charge is 0.293 e. The number of oxazole rings is 1. The molecule has 0 radical (unpaired) electrons. The van der Waals surface area contributed by atoms with Crippen LogP contribution in [-0.2, 0) is 0 Å². The molecule has 0 saturated heterocycles. The molecule has 5 rings (SSSR count). The number of carbonyl (C=O) groups excluding carboxylic acids is 1. The molecule has 0 atom stereocenters. The fraction of sp³-hybridized carbons (Fsp3) is 0.0909. The zero-order chi connectivity index (χ0) is 23.1. The first-order valence-corrected chi connectivity index (χ1v) is 10.1. The maximum atomic E-state index is 14.6. The number of aryl methyl sites for hydroxylation is 2.